The van der Waals surface area contributed by atoms with Crippen LogP contribution in [0.2, 0.25) is 0 Å². The molecule has 1 aromatic carbocycles. The van der Waals surface area contributed by atoms with Crippen molar-refractivity contribution in [3.05, 3.63) is 24.3 Å². The van der Waals surface area contributed by atoms with Gasteiger partial charge in [-0.25, -0.2) is 4.79 Å². The molecule has 2 fully saturated rings. The van der Waals surface area contributed by atoms with Crippen LogP contribution in [0.1, 0.15) is 6.92 Å². The Labute approximate surface area is 135 Å². The minimum atomic E-state index is -0.569. The Morgan fingerprint density at radius 3 is 2.65 bits per heavy atom. The summed E-state index contributed by atoms with van der Waals surface area (Å²) in [6.07, 6.45) is -0.569. The summed E-state index contributed by atoms with van der Waals surface area (Å²) in [5.74, 6) is 1.31. The van der Waals surface area contributed by atoms with Crippen LogP contribution in [0.5, 0.6) is 11.5 Å². The maximum absolute atomic E-state index is 12.5. The molecule has 0 aromatic heterocycles. The van der Waals surface area contributed by atoms with Crippen molar-refractivity contribution in [2.24, 2.45) is 0 Å². The summed E-state index contributed by atoms with van der Waals surface area (Å²) in [6.45, 7) is 4.00. The molecule has 7 nitrogen and oxygen atoms in total. The van der Waals surface area contributed by atoms with Crippen molar-refractivity contribution < 1.29 is 19.1 Å². The minimum Gasteiger partial charge on any atom is -0.497 e. The monoisotopic (exact) mass is 319 g/mol. The van der Waals surface area contributed by atoms with Gasteiger partial charge < -0.3 is 24.6 Å². The van der Waals surface area contributed by atoms with Gasteiger partial charge >= 0.3 is 6.03 Å². The highest BCUT2D eigenvalue weighted by atomic mass is 16.5. The number of methoxy groups -OCH3 is 1. The first kappa shape index (κ1) is 15.5. The molecule has 0 bridgehead atoms. The molecule has 1 N–H and O–H groups in total. The molecule has 0 spiro atoms. The fourth-order valence-corrected chi connectivity index (χ4v) is 2.97. The molecule has 0 unspecified atom stereocenters. The van der Waals surface area contributed by atoms with Gasteiger partial charge in [-0.15, -0.1) is 0 Å². The van der Waals surface area contributed by atoms with Crippen molar-refractivity contribution in [2.75, 3.05) is 33.3 Å². The molecule has 2 aliphatic rings. The Bertz CT molecular complexity index is 589. The summed E-state index contributed by atoms with van der Waals surface area (Å²) in [7, 11) is 1.60. The molecule has 0 radical (unpaired) electrons. The van der Waals surface area contributed by atoms with Crippen LogP contribution in [-0.4, -0.2) is 67.2 Å². The normalized spacial score (nSPS) is 21.5. The minimum absolute atomic E-state index is 0.0374. The van der Waals surface area contributed by atoms with E-state index in [9.17, 15) is 9.59 Å². The molecule has 2 aliphatic heterocycles. The van der Waals surface area contributed by atoms with E-state index in [-0.39, 0.29) is 18.0 Å². The summed E-state index contributed by atoms with van der Waals surface area (Å²) in [4.78, 5) is 27.7. The van der Waals surface area contributed by atoms with Crippen LogP contribution < -0.4 is 14.8 Å². The Morgan fingerprint density at radius 2 is 1.96 bits per heavy atom. The van der Waals surface area contributed by atoms with E-state index in [0.717, 1.165) is 5.75 Å². The van der Waals surface area contributed by atoms with Gasteiger partial charge in [-0.3, -0.25) is 4.79 Å². The average Bonchev–Trinajstić information content (AvgIpc) is 2.95. The fraction of sp³-hybridized carbons (Fsp3) is 0.500. The predicted octanol–water partition coefficient (Wildman–Crippen LogP) is 0.698. The first-order valence-electron chi connectivity index (χ1n) is 7.72. The van der Waals surface area contributed by atoms with Gasteiger partial charge in [0.2, 0.25) is 0 Å². The van der Waals surface area contributed by atoms with E-state index in [0.29, 0.717) is 31.9 Å². The third kappa shape index (κ3) is 3.18. The van der Waals surface area contributed by atoms with E-state index in [4.69, 9.17) is 9.47 Å². The van der Waals surface area contributed by atoms with Crippen LogP contribution in [0.15, 0.2) is 24.3 Å². The van der Waals surface area contributed by atoms with E-state index < -0.39 is 6.10 Å². The summed E-state index contributed by atoms with van der Waals surface area (Å²) in [5, 5.41) is 2.81. The Hall–Kier alpha value is -2.44. The second-order valence-electron chi connectivity index (χ2n) is 5.75. The number of nitrogens with zero attached hydrogens (tertiary/aromatic N) is 2. The highest BCUT2D eigenvalue weighted by Crippen LogP contribution is 2.20. The first-order chi connectivity index (χ1) is 11.1. The number of carbonyl (C=O) groups excluding carboxylic acids is 2. The van der Waals surface area contributed by atoms with Crippen LogP contribution in [-0.2, 0) is 4.79 Å². The lowest BCUT2D eigenvalue weighted by Gasteiger charge is -2.37. The quantitative estimate of drug-likeness (QED) is 0.887. The van der Waals surface area contributed by atoms with E-state index in [1.807, 2.05) is 0 Å². The maximum atomic E-state index is 12.5. The molecule has 2 saturated heterocycles. The van der Waals surface area contributed by atoms with Crippen LogP contribution in [0, 0.1) is 0 Å². The van der Waals surface area contributed by atoms with E-state index >= 15 is 0 Å². The summed E-state index contributed by atoms with van der Waals surface area (Å²) in [6, 6.07) is 7.17. The third-order valence-corrected chi connectivity index (χ3v) is 4.26. The number of fused-ring (bicyclic) bond motifs is 1. The van der Waals surface area contributed by atoms with Crippen molar-refractivity contribution in [3.8, 4) is 11.5 Å². The Kier molecular flexibility index (Phi) is 4.27. The number of hydrogen-bond donors (Lipinski definition) is 1. The second kappa shape index (κ2) is 6.36. The van der Waals surface area contributed by atoms with Crippen molar-refractivity contribution >= 4 is 11.9 Å². The van der Waals surface area contributed by atoms with E-state index in [1.165, 1.54) is 0 Å². The van der Waals surface area contributed by atoms with Crippen LogP contribution in [0.25, 0.3) is 0 Å². The standard InChI is InChI=1S/C16H21N3O4/c1-11(23-14-5-3-13(22-2)4-6-14)15(20)18-7-8-19-12(10-18)9-17-16(19)21/h3-6,11-12H,7-10H2,1-2H3,(H,17,21)/t11-,12+/m1/s1. The number of benzene rings is 1. The lowest BCUT2D eigenvalue weighted by molar-refractivity contribution is -0.140. The second-order valence-corrected chi connectivity index (χ2v) is 5.75. The Morgan fingerprint density at radius 1 is 1.26 bits per heavy atom. The van der Waals surface area contributed by atoms with Crippen molar-refractivity contribution in [1.29, 1.82) is 0 Å². The fourth-order valence-electron chi connectivity index (χ4n) is 2.97. The summed E-state index contributed by atoms with van der Waals surface area (Å²) < 4.78 is 10.8. The molecule has 23 heavy (non-hydrogen) atoms. The zero-order chi connectivity index (χ0) is 16.4. The average molecular weight is 319 g/mol. The number of nitrogens with one attached hydrogen (secondary N) is 1. The van der Waals surface area contributed by atoms with Gasteiger partial charge in [0.15, 0.2) is 6.10 Å². The number of hydrogen-bond acceptors (Lipinski definition) is 4. The molecule has 2 atom stereocenters. The number of piperazine rings is 1. The van der Waals surface area contributed by atoms with E-state index in [2.05, 4.69) is 5.32 Å². The highest BCUT2D eigenvalue weighted by Gasteiger charge is 2.38. The van der Waals surface area contributed by atoms with Crippen LogP contribution in [0.3, 0.4) is 0 Å². The number of carbonyl (C=O) groups is 2. The Balaban J connectivity index is 1.57. The number of rotatable bonds is 4. The van der Waals surface area contributed by atoms with Crippen LogP contribution in [0.4, 0.5) is 4.79 Å². The zero-order valence-corrected chi connectivity index (χ0v) is 13.3. The largest absolute Gasteiger partial charge is 0.497 e. The summed E-state index contributed by atoms with van der Waals surface area (Å²) in [5.41, 5.74) is 0. The van der Waals surface area contributed by atoms with E-state index in [1.54, 1.807) is 48.1 Å². The van der Waals surface area contributed by atoms with Gasteiger partial charge in [0.1, 0.15) is 11.5 Å². The number of urea groups is 1. The van der Waals surface area contributed by atoms with Gasteiger partial charge in [-0.2, -0.15) is 0 Å². The molecule has 0 saturated carbocycles. The molecule has 2 heterocycles. The van der Waals surface area contributed by atoms with Gasteiger partial charge in [-0.1, -0.05) is 0 Å². The molecule has 3 amide bonds. The van der Waals surface area contributed by atoms with Gasteiger partial charge in [-0.05, 0) is 31.2 Å². The van der Waals surface area contributed by atoms with Crippen molar-refractivity contribution in [2.45, 2.75) is 19.1 Å². The van der Waals surface area contributed by atoms with Crippen LogP contribution >= 0.6 is 0 Å². The number of ether oxygens (including phenoxy) is 2. The molecule has 3 rings (SSSR count). The topological polar surface area (TPSA) is 71.1 Å². The molecule has 0 aliphatic carbocycles. The predicted molar refractivity (Wildman–Crippen MR) is 83.6 cm³/mol. The lowest BCUT2D eigenvalue weighted by Crippen LogP contribution is -2.56. The third-order valence-electron chi connectivity index (χ3n) is 4.26. The summed E-state index contributed by atoms with van der Waals surface area (Å²) >= 11 is 0. The lowest BCUT2D eigenvalue weighted by atomic mass is 10.2. The highest BCUT2D eigenvalue weighted by molar-refractivity contribution is 5.82. The molecule has 124 valence electrons. The smallest absolute Gasteiger partial charge is 0.317 e. The van der Waals surface area contributed by atoms with Gasteiger partial charge in [0, 0.05) is 26.2 Å². The molecular weight excluding hydrogens is 298 g/mol. The van der Waals surface area contributed by atoms with Gasteiger partial charge in [0.25, 0.3) is 5.91 Å². The molecule has 7 heteroatoms. The van der Waals surface area contributed by atoms with Crippen molar-refractivity contribution in [3.63, 3.8) is 0 Å². The molecular formula is C16H21N3O4. The number of amides is 3. The van der Waals surface area contributed by atoms with Crippen molar-refractivity contribution in [1.82, 2.24) is 15.1 Å². The maximum Gasteiger partial charge on any atom is 0.317 e. The first-order valence-corrected chi connectivity index (χ1v) is 7.72. The SMILES string of the molecule is COc1ccc(O[C@H](C)C(=O)N2CCN3C(=O)NC[C@H]3C2)cc1. The molecule has 1 aromatic rings. The zero-order valence-electron chi connectivity index (χ0n) is 13.3. The van der Waals surface area contributed by atoms with Gasteiger partial charge in [0.05, 0.1) is 13.2 Å².